The summed E-state index contributed by atoms with van der Waals surface area (Å²) in [6.07, 6.45) is 3.83. The van der Waals surface area contributed by atoms with Gasteiger partial charge in [0.15, 0.2) is 0 Å². The van der Waals surface area contributed by atoms with E-state index in [1.165, 1.54) is 19.3 Å². The van der Waals surface area contributed by atoms with Crippen molar-refractivity contribution in [2.24, 2.45) is 11.3 Å². The van der Waals surface area contributed by atoms with Gasteiger partial charge < -0.3 is 4.90 Å². The van der Waals surface area contributed by atoms with Gasteiger partial charge in [0, 0.05) is 18.5 Å². The first-order chi connectivity index (χ1) is 6.41. The summed E-state index contributed by atoms with van der Waals surface area (Å²) < 4.78 is 0. The molecule has 2 heteroatoms. The smallest absolute Gasteiger partial charge is 0.101 e. The Labute approximate surface area is 88.2 Å². The lowest BCUT2D eigenvalue weighted by Crippen LogP contribution is -2.39. The molecular formula is C12H24N2. The van der Waals surface area contributed by atoms with Crippen LogP contribution in [-0.2, 0) is 0 Å². The molecule has 1 atom stereocenters. The third-order valence-electron chi connectivity index (χ3n) is 3.04. The van der Waals surface area contributed by atoms with E-state index in [0.29, 0.717) is 0 Å². The van der Waals surface area contributed by atoms with E-state index in [9.17, 15) is 0 Å². The van der Waals surface area contributed by atoms with E-state index in [1.807, 2.05) is 0 Å². The largest absolute Gasteiger partial charge is 0.360 e. The van der Waals surface area contributed by atoms with E-state index in [2.05, 4.69) is 32.6 Å². The first-order valence-electron chi connectivity index (χ1n) is 5.75. The predicted molar refractivity (Wildman–Crippen MR) is 61.8 cm³/mol. The maximum Gasteiger partial charge on any atom is 0.101 e. The molecule has 0 spiro atoms. The van der Waals surface area contributed by atoms with Crippen LogP contribution in [0.3, 0.4) is 0 Å². The lowest BCUT2D eigenvalue weighted by molar-refractivity contribution is 0.372. The van der Waals surface area contributed by atoms with Crippen LogP contribution in [-0.4, -0.2) is 23.8 Å². The van der Waals surface area contributed by atoms with Crippen LogP contribution < -0.4 is 0 Å². The second-order valence-electron chi connectivity index (χ2n) is 5.62. The molecule has 1 aliphatic heterocycles. The third-order valence-corrected chi connectivity index (χ3v) is 3.04. The third kappa shape index (κ3) is 3.00. The zero-order valence-corrected chi connectivity index (χ0v) is 10.1. The van der Waals surface area contributed by atoms with Crippen LogP contribution in [0.15, 0.2) is 0 Å². The summed E-state index contributed by atoms with van der Waals surface area (Å²) in [4.78, 5) is 2.27. The summed E-state index contributed by atoms with van der Waals surface area (Å²) >= 11 is 0. The van der Waals surface area contributed by atoms with Crippen molar-refractivity contribution < 1.29 is 0 Å². The standard InChI is InChI=1S/C12H24N2/c1-10-6-5-8-14(9-7-10)11(13)12(2,3)4/h10,13H,5-9H2,1-4H3. The van der Waals surface area contributed by atoms with Crippen LogP contribution in [0, 0.1) is 16.7 Å². The van der Waals surface area contributed by atoms with E-state index in [-0.39, 0.29) is 5.41 Å². The molecule has 0 amide bonds. The average molecular weight is 196 g/mol. The van der Waals surface area contributed by atoms with Crippen LogP contribution in [0.5, 0.6) is 0 Å². The van der Waals surface area contributed by atoms with Gasteiger partial charge in [-0.3, -0.25) is 5.41 Å². The molecule has 0 aliphatic carbocycles. The van der Waals surface area contributed by atoms with Gasteiger partial charge in [0.2, 0.25) is 0 Å². The van der Waals surface area contributed by atoms with Crippen LogP contribution in [0.25, 0.3) is 0 Å². The normalized spacial score (nSPS) is 24.6. The van der Waals surface area contributed by atoms with Crippen molar-refractivity contribution in [3.8, 4) is 0 Å². The van der Waals surface area contributed by atoms with Crippen LogP contribution >= 0.6 is 0 Å². The predicted octanol–water partition coefficient (Wildman–Crippen LogP) is 3.13. The quantitative estimate of drug-likeness (QED) is 0.468. The maximum absolute atomic E-state index is 8.12. The lowest BCUT2D eigenvalue weighted by atomic mass is 9.94. The summed E-state index contributed by atoms with van der Waals surface area (Å²) in [6.45, 7) is 10.9. The van der Waals surface area contributed by atoms with Crippen LogP contribution in [0.1, 0.15) is 47.0 Å². The monoisotopic (exact) mass is 196 g/mol. The summed E-state index contributed by atoms with van der Waals surface area (Å²) in [5.41, 5.74) is 0.00752. The molecule has 1 saturated heterocycles. The van der Waals surface area contributed by atoms with E-state index in [4.69, 9.17) is 5.41 Å². The fourth-order valence-electron chi connectivity index (χ4n) is 1.96. The van der Waals surface area contributed by atoms with E-state index in [0.717, 1.165) is 24.8 Å². The SMILES string of the molecule is CC1CCCN(C(=N)C(C)(C)C)CC1. The van der Waals surface area contributed by atoms with Gasteiger partial charge in [0.25, 0.3) is 0 Å². The van der Waals surface area contributed by atoms with Crippen molar-refractivity contribution in [2.75, 3.05) is 13.1 Å². The number of nitrogens with zero attached hydrogens (tertiary/aromatic N) is 1. The molecule has 1 fully saturated rings. The molecule has 0 radical (unpaired) electrons. The van der Waals surface area contributed by atoms with Crippen molar-refractivity contribution in [1.29, 1.82) is 5.41 Å². The molecule has 2 nitrogen and oxygen atoms in total. The number of hydrogen-bond acceptors (Lipinski definition) is 1. The number of nitrogens with one attached hydrogen (secondary N) is 1. The van der Waals surface area contributed by atoms with E-state index < -0.39 is 0 Å². The highest BCUT2D eigenvalue weighted by Gasteiger charge is 2.24. The Kier molecular flexibility index (Phi) is 3.57. The molecule has 0 aromatic rings. The Bertz CT molecular complexity index is 203. The van der Waals surface area contributed by atoms with Gasteiger partial charge in [-0.05, 0) is 25.2 Å². The summed E-state index contributed by atoms with van der Waals surface area (Å²) in [5.74, 6) is 1.65. The maximum atomic E-state index is 8.12. The fourth-order valence-corrected chi connectivity index (χ4v) is 1.96. The zero-order valence-electron chi connectivity index (χ0n) is 10.1. The lowest BCUT2D eigenvalue weighted by Gasteiger charge is -2.31. The highest BCUT2D eigenvalue weighted by molar-refractivity contribution is 5.84. The molecule has 1 unspecified atom stereocenters. The van der Waals surface area contributed by atoms with Gasteiger partial charge >= 0.3 is 0 Å². The number of hydrogen-bond donors (Lipinski definition) is 1. The Balaban J connectivity index is 2.56. The van der Waals surface area contributed by atoms with E-state index in [1.54, 1.807) is 0 Å². The van der Waals surface area contributed by atoms with Crippen molar-refractivity contribution in [3.05, 3.63) is 0 Å². The average Bonchev–Trinajstić information content (AvgIpc) is 2.27. The van der Waals surface area contributed by atoms with Crippen LogP contribution in [0.4, 0.5) is 0 Å². The summed E-state index contributed by atoms with van der Waals surface area (Å²) in [6, 6.07) is 0. The first kappa shape index (κ1) is 11.5. The molecule has 1 rings (SSSR count). The molecule has 1 heterocycles. The number of likely N-dealkylation sites (tertiary alicyclic amines) is 1. The Morgan fingerprint density at radius 3 is 2.43 bits per heavy atom. The number of amidine groups is 1. The zero-order chi connectivity index (χ0) is 10.8. The molecule has 0 bridgehead atoms. The van der Waals surface area contributed by atoms with Crippen molar-refractivity contribution in [2.45, 2.75) is 47.0 Å². The molecule has 0 aromatic heterocycles. The molecule has 0 saturated carbocycles. The van der Waals surface area contributed by atoms with Crippen molar-refractivity contribution in [1.82, 2.24) is 4.90 Å². The highest BCUT2D eigenvalue weighted by Crippen LogP contribution is 2.22. The molecule has 14 heavy (non-hydrogen) atoms. The van der Waals surface area contributed by atoms with E-state index >= 15 is 0 Å². The van der Waals surface area contributed by atoms with Crippen LogP contribution in [0.2, 0.25) is 0 Å². The number of rotatable bonds is 0. The Hall–Kier alpha value is -0.530. The van der Waals surface area contributed by atoms with Gasteiger partial charge in [0.1, 0.15) is 5.84 Å². The molecule has 82 valence electrons. The topological polar surface area (TPSA) is 27.1 Å². The van der Waals surface area contributed by atoms with Gasteiger partial charge in [0.05, 0.1) is 0 Å². The van der Waals surface area contributed by atoms with Gasteiger partial charge in [-0.15, -0.1) is 0 Å². The van der Waals surface area contributed by atoms with Gasteiger partial charge in [-0.2, -0.15) is 0 Å². The molecule has 0 aromatic carbocycles. The molecule has 1 N–H and O–H groups in total. The van der Waals surface area contributed by atoms with Gasteiger partial charge in [-0.25, -0.2) is 0 Å². The molecule has 1 aliphatic rings. The van der Waals surface area contributed by atoms with Crippen molar-refractivity contribution >= 4 is 5.84 Å². The Morgan fingerprint density at radius 1 is 1.21 bits per heavy atom. The second kappa shape index (κ2) is 4.33. The Morgan fingerprint density at radius 2 is 1.86 bits per heavy atom. The minimum Gasteiger partial charge on any atom is -0.360 e. The first-order valence-corrected chi connectivity index (χ1v) is 5.75. The molecular weight excluding hydrogens is 172 g/mol. The van der Waals surface area contributed by atoms with Crippen molar-refractivity contribution in [3.63, 3.8) is 0 Å². The highest BCUT2D eigenvalue weighted by atomic mass is 15.2. The van der Waals surface area contributed by atoms with Gasteiger partial charge in [-0.1, -0.05) is 27.7 Å². The summed E-state index contributed by atoms with van der Waals surface area (Å²) in [7, 11) is 0. The fraction of sp³-hybridized carbons (Fsp3) is 0.917. The minimum absolute atomic E-state index is 0.00752. The second-order valence-corrected chi connectivity index (χ2v) is 5.62. The minimum atomic E-state index is 0.00752. The summed E-state index contributed by atoms with van der Waals surface area (Å²) in [5, 5.41) is 8.12.